The maximum atomic E-state index is 13.3. The van der Waals surface area contributed by atoms with Crippen molar-refractivity contribution in [3.8, 4) is 5.75 Å². The zero-order valence-corrected chi connectivity index (χ0v) is 12.2. The van der Waals surface area contributed by atoms with Crippen LogP contribution in [0.1, 0.15) is 12.8 Å². The molecule has 0 radical (unpaired) electrons. The second-order valence-corrected chi connectivity index (χ2v) is 5.34. The highest BCUT2D eigenvalue weighted by Crippen LogP contribution is 2.17. The lowest BCUT2D eigenvalue weighted by Gasteiger charge is -2.32. The first-order chi connectivity index (χ1) is 10.5. The maximum absolute atomic E-state index is 13.3. The first-order valence-corrected chi connectivity index (χ1v) is 7.36. The Hall–Kier alpha value is -1.34. The zero-order valence-electron chi connectivity index (χ0n) is 12.2. The molecule has 0 aliphatic carbocycles. The summed E-state index contributed by atoms with van der Waals surface area (Å²) in [5.41, 5.74) is 0. The molecule has 1 aromatic rings. The van der Waals surface area contributed by atoms with Crippen molar-refractivity contribution in [1.82, 2.24) is 10.2 Å². The minimum absolute atomic E-state index is 0.0231. The minimum Gasteiger partial charge on any atom is -0.489 e. The molecule has 1 aliphatic rings. The van der Waals surface area contributed by atoms with Crippen molar-refractivity contribution in [1.29, 1.82) is 0 Å². The van der Waals surface area contributed by atoms with E-state index in [4.69, 9.17) is 4.74 Å². The van der Waals surface area contributed by atoms with Gasteiger partial charge in [0, 0.05) is 18.7 Å². The fraction of sp³-hybridized carbons (Fsp3) is 0.600. The van der Waals surface area contributed by atoms with Crippen LogP contribution in [0.15, 0.2) is 18.2 Å². The molecule has 0 spiro atoms. The highest BCUT2D eigenvalue weighted by atomic mass is 19.3. The van der Waals surface area contributed by atoms with E-state index in [9.17, 15) is 17.6 Å². The van der Waals surface area contributed by atoms with E-state index in [1.54, 1.807) is 4.90 Å². The number of likely N-dealkylation sites (tertiary alicyclic amines) is 1. The Bertz CT molecular complexity index is 465. The number of nitrogens with zero attached hydrogens (tertiary/aromatic N) is 1. The van der Waals surface area contributed by atoms with Crippen molar-refractivity contribution in [2.45, 2.75) is 25.3 Å². The standard InChI is InChI=1S/C15H20F4N2O/c16-11-1-2-14(13(17)9-11)22-8-5-20-12-3-6-21(7-4-12)10-15(18)19/h1-2,9,12,15,20H,3-8,10H2. The van der Waals surface area contributed by atoms with Crippen LogP contribution in [0.25, 0.3) is 0 Å². The third kappa shape index (κ3) is 5.46. The minimum atomic E-state index is -2.29. The topological polar surface area (TPSA) is 24.5 Å². The average molecular weight is 320 g/mol. The Morgan fingerprint density at radius 3 is 2.59 bits per heavy atom. The van der Waals surface area contributed by atoms with Crippen molar-refractivity contribution in [3.05, 3.63) is 29.8 Å². The SMILES string of the molecule is Fc1ccc(OCCNC2CCN(CC(F)F)CC2)c(F)c1. The molecule has 0 unspecified atom stereocenters. The van der Waals surface area contributed by atoms with Gasteiger partial charge in [0.2, 0.25) is 0 Å². The van der Waals surface area contributed by atoms with Gasteiger partial charge in [-0.05, 0) is 38.1 Å². The van der Waals surface area contributed by atoms with Crippen molar-refractivity contribution in [2.75, 3.05) is 32.8 Å². The largest absolute Gasteiger partial charge is 0.489 e. The zero-order chi connectivity index (χ0) is 15.9. The van der Waals surface area contributed by atoms with Gasteiger partial charge in [0.15, 0.2) is 11.6 Å². The van der Waals surface area contributed by atoms with E-state index in [0.717, 1.165) is 25.0 Å². The predicted molar refractivity (Wildman–Crippen MR) is 75.3 cm³/mol. The summed E-state index contributed by atoms with van der Waals surface area (Å²) in [6.45, 7) is 1.92. The molecule has 0 atom stereocenters. The smallest absolute Gasteiger partial charge is 0.251 e. The number of ether oxygens (including phenoxy) is 1. The van der Waals surface area contributed by atoms with E-state index >= 15 is 0 Å². The molecule has 7 heteroatoms. The van der Waals surface area contributed by atoms with Crippen molar-refractivity contribution < 1.29 is 22.3 Å². The lowest BCUT2D eigenvalue weighted by Crippen LogP contribution is -2.44. The van der Waals surface area contributed by atoms with E-state index in [1.165, 1.54) is 6.07 Å². The number of benzene rings is 1. The Morgan fingerprint density at radius 1 is 1.23 bits per heavy atom. The molecular formula is C15H20F4N2O. The van der Waals surface area contributed by atoms with Gasteiger partial charge in [-0.15, -0.1) is 0 Å². The van der Waals surface area contributed by atoms with E-state index in [1.807, 2.05) is 0 Å². The van der Waals surface area contributed by atoms with Crippen LogP contribution < -0.4 is 10.1 Å². The number of nitrogens with one attached hydrogen (secondary N) is 1. The van der Waals surface area contributed by atoms with Crippen LogP contribution in [0.5, 0.6) is 5.75 Å². The Balaban J connectivity index is 1.61. The van der Waals surface area contributed by atoms with Crippen molar-refractivity contribution in [2.24, 2.45) is 0 Å². The number of halogens is 4. The van der Waals surface area contributed by atoms with E-state index in [0.29, 0.717) is 19.6 Å². The predicted octanol–water partition coefficient (Wildman–Crippen LogP) is 2.66. The van der Waals surface area contributed by atoms with Crippen LogP contribution in [0.4, 0.5) is 17.6 Å². The second-order valence-electron chi connectivity index (χ2n) is 5.34. The van der Waals surface area contributed by atoms with E-state index in [-0.39, 0.29) is 24.9 Å². The van der Waals surface area contributed by atoms with Gasteiger partial charge in [-0.25, -0.2) is 17.6 Å². The van der Waals surface area contributed by atoms with Crippen LogP contribution >= 0.6 is 0 Å². The molecule has 0 aromatic heterocycles. The van der Waals surface area contributed by atoms with Gasteiger partial charge in [0.25, 0.3) is 6.43 Å². The van der Waals surface area contributed by atoms with E-state index < -0.39 is 18.1 Å². The molecule has 1 fully saturated rings. The summed E-state index contributed by atoms with van der Waals surface area (Å²) >= 11 is 0. The van der Waals surface area contributed by atoms with Gasteiger partial charge in [-0.2, -0.15) is 0 Å². The van der Waals surface area contributed by atoms with Gasteiger partial charge in [-0.1, -0.05) is 0 Å². The van der Waals surface area contributed by atoms with Crippen LogP contribution in [-0.2, 0) is 0 Å². The summed E-state index contributed by atoms with van der Waals surface area (Å²) in [7, 11) is 0. The van der Waals surface area contributed by atoms with Crippen LogP contribution in [0, 0.1) is 11.6 Å². The Morgan fingerprint density at radius 2 is 1.95 bits per heavy atom. The quantitative estimate of drug-likeness (QED) is 0.617. The molecule has 1 aliphatic heterocycles. The summed E-state index contributed by atoms with van der Waals surface area (Å²) in [5, 5.41) is 3.26. The number of rotatable bonds is 7. The molecule has 2 rings (SSSR count). The summed E-state index contributed by atoms with van der Waals surface area (Å²) in [4.78, 5) is 1.76. The van der Waals surface area contributed by atoms with Crippen molar-refractivity contribution in [3.63, 3.8) is 0 Å². The molecule has 1 aromatic carbocycles. The molecule has 0 amide bonds. The van der Waals surface area contributed by atoms with Gasteiger partial charge >= 0.3 is 0 Å². The summed E-state index contributed by atoms with van der Waals surface area (Å²) in [5.74, 6) is -1.34. The normalized spacial score (nSPS) is 17.1. The average Bonchev–Trinajstić information content (AvgIpc) is 2.46. The van der Waals surface area contributed by atoms with Crippen molar-refractivity contribution >= 4 is 0 Å². The molecule has 1 N–H and O–H groups in total. The molecule has 1 heterocycles. The Labute approximate surface area is 127 Å². The monoisotopic (exact) mass is 320 g/mol. The Kier molecular flexibility index (Phi) is 6.45. The summed E-state index contributed by atoms with van der Waals surface area (Å²) in [6.07, 6.45) is -0.682. The highest BCUT2D eigenvalue weighted by molar-refractivity contribution is 5.24. The first kappa shape index (κ1) is 17.0. The van der Waals surface area contributed by atoms with Gasteiger partial charge in [-0.3, -0.25) is 4.90 Å². The molecule has 3 nitrogen and oxygen atoms in total. The van der Waals surface area contributed by atoms with E-state index in [2.05, 4.69) is 5.32 Å². The highest BCUT2D eigenvalue weighted by Gasteiger charge is 2.20. The molecule has 0 bridgehead atoms. The first-order valence-electron chi connectivity index (χ1n) is 7.36. The van der Waals surface area contributed by atoms with Crippen LogP contribution in [-0.4, -0.2) is 50.2 Å². The third-order valence-corrected chi connectivity index (χ3v) is 3.67. The summed E-state index contributed by atoms with van der Waals surface area (Å²) in [6, 6.07) is 3.44. The number of alkyl halides is 2. The third-order valence-electron chi connectivity index (χ3n) is 3.67. The molecule has 22 heavy (non-hydrogen) atoms. The molecule has 1 saturated heterocycles. The lowest BCUT2D eigenvalue weighted by molar-refractivity contribution is 0.0728. The molecule has 0 saturated carbocycles. The number of piperidine rings is 1. The second kappa shape index (κ2) is 8.33. The fourth-order valence-electron chi connectivity index (χ4n) is 2.53. The van der Waals surface area contributed by atoms with Gasteiger partial charge in [0.1, 0.15) is 12.4 Å². The van der Waals surface area contributed by atoms with Crippen LogP contribution in [0.2, 0.25) is 0 Å². The number of hydrogen-bond acceptors (Lipinski definition) is 3. The van der Waals surface area contributed by atoms with Gasteiger partial charge in [0.05, 0.1) is 6.54 Å². The lowest BCUT2D eigenvalue weighted by atomic mass is 10.1. The maximum Gasteiger partial charge on any atom is 0.251 e. The fourth-order valence-corrected chi connectivity index (χ4v) is 2.53. The number of hydrogen-bond donors (Lipinski definition) is 1. The van der Waals surface area contributed by atoms with Crippen LogP contribution in [0.3, 0.4) is 0 Å². The molecule has 124 valence electrons. The molecular weight excluding hydrogens is 300 g/mol. The van der Waals surface area contributed by atoms with Gasteiger partial charge < -0.3 is 10.1 Å². The summed E-state index contributed by atoms with van der Waals surface area (Å²) < 4.78 is 55.8.